The molecule has 1 aliphatic rings. The van der Waals surface area contributed by atoms with E-state index in [-0.39, 0.29) is 11.0 Å². The summed E-state index contributed by atoms with van der Waals surface area (Å²) in [5.41, 5.74) is 5.45. The maximum absolute atomic E-state index is 6.15. The van der Waals surface area contributed by atoms with Gasteiger partial charge in [-0.15, -0.1) is 0 Å². The van der Waals surface area contributed by atoms with E-state index in [9.17, 15) is 0 Å². The minimum absolute atomic E-state index is 0.309. The summed E-state index contributed by atoms with van der Waals surface area (Å²) in [6.45, 7) is 10.3. The Morgan fingerprint density at radius 2 is 1.88 bits per heavy atom. The largest absolute Gasteiger partial charge is 0.339 e. The van der Waals surface area contributed by atoms with Crippen molar-refractivity contribution in [2.24, 2.45) is 11.7 Å². The minimum atomic E-state index is -0.383. The van der Waals surface area contributed by atoms with E-state index in [1.54, 1.807) is 0 Å². The monoisotopic (exact) mass is 223 g/mol. The molecule has 16 heavy (non-hydrogen) atoms. The third-order valence-corrected chi connectivity index (χ3v) is 4.03. The van der Waals surface area contributed by atoms with Gasteiger partial charge in [0.05, 0.1) is 5.41 Å². The van der Waals surface area contributed by atoms with Crippen molar-refractivity contribution in [3.63, 3.8) is 0 Å². The Balaban J connectivity index is 2.25. The summed E-state index contributed by atoms with van der Waals surface area (Å²) in [6, 6.07) is 0. The van der Waals surface area contributed by atoms with Gasteiger partial charge in [-0.2, -0.15) is 4.98 Å². The van der Waals surface area contributed by atoms with E-state index in [0.29, 0.717) is 17.7 Å². The van der Waals surface area contributed by atoms with Crippen LogP contribution in [0.5, 0.6) is 0 Å². The number of nitrogens with zero attached hydrogens (tertiary/aromatic N) is 2. The first-order valence-electron chi connectivity index (χ1n) is 5.86. The molecule has 4 heteroatoms. The highest BCUT2D eigenvalue weighted by Crippen LogP contribution is 2.46. The zero-order chi connectivity index (χ0) is 12.1. The number of nitrogens with two attached hydrogens (primary N) is 1. The Morgan fingerprint density at radius 3 is 2.31 bits per heavy atom. The maximum atomic E-state index is 6.15. The van der Waals surface area contributed by atoms with Gasteiger partial charge >= 0.3 is 0 Å². The Labute approximate surface area is 96.6 Å². The lowest BCUT2D eigenvalue weighted by atomic mass is 9.75. The molecule has 1 aromatic heterocycles. The van der Waals surface area contributed by atoms with Crippen LogP contribution in [-0.2, 0) is 5.41 Å². The third-order valence-electron chi connectivity index (χ3n) is 4.03. The van der Waals surface area contributed by atoms with Crippen molar-refractivity contribution in [1.82, 2.24) is 10.1 Å². The standard InChI is InChI=1S/C12H21N3O/c1-7-6-8(7)9-14-10(16-15-9)11(2,3)12(4,5)13/h7-8H,6,13H2,1-5H3. The molecular formula is C12H21N3O. The van der Waals surface area contributed by atoms with Crippen LogP contribution in [0.15, 0.2) is 4.52 Å². The first kappa shape index (κ1) is 11.6. The Morgan fingerprint density at radius 1 is 1.31 bits per heavy atom. The van der Waals surface area contributed by atoms with Gasteiger partial charge in [0.1, 0.15) is 0 Å². The molecule has 0 saturated heterocycles. The lowest BCUT2D eigenvalue weighted by Crippen LogP contribution is -2.50. The fourth-order valence-corrected chi connectivity index (χ4v) is 1.60. The molecule has 0 aromatic carbocycles. The molecule has 0 bridgehead atoms. The van der Waals surface area contributed by atoms with Gasteiger partial charge in [0, 0.05) is 11.5 Å². The molecule has 2 rings (SSSR count). The second-order valence-electron chi connectivity index (χ2n) is 6.12. The van der Waals surface area contributed by atoms with Crippen molar-refractivity contribution >= 4 is 0 Å². The summed E-state index contributed by atoms with van der Waals surface area (Å²) in [7, 11) is 0. The van der Waals surface area contributed by atoms with Crippen LogP contribution >= 0.6 is 0 Å². The molecular weight excluding hydrogens is 202 g/mol. The molecule has 0 amide bonds. The Hall–Kier alpha value is -0.900. The van der Waals surface area contributed by atoms with Gasteiger partial charge in [0.15, 0.2) is 5.82 Å². The molecule has 1 aromatic rings. The number of hydrogen-bond acceptors (Lipinski definition) is 4. The first-order chi connectivity index (χ1) is 7.23. The van der Waals surface area contributed by atoms with Crippen molar-refractivity contribution in [2.45, 2.75) is 57.9 Å². The molecule has 0 radical (unpaired) electrons. The molecule has 1 aliphatic carbocycles. The zero-order valence-electron chi connectivity index (χ0n) is 10.7. The summed E-state index contributed by atoms with van der Waals surface area (Å²) in [5, 5.41) is 4.07. The highest BCUT2D eigenvalue weighted by atomic mass is 16.5. The zero-order valence-corrected chi connectivity index (χ0v) is 10.7. The van der Waals surface area contributed by atoms with Crippen LogP contribution in [0.2, 0.25) is 0 Å². The molecule has 2 unspecified atom stereocenters. The van der Waals surface area contributed by atoms with E-state index in [1.165, 1.54) is 6.42 Å². The average molecular weight is 223 g/mol. The van der Waals surface area contributed by atoms with Crippen LogP contribution in [0.25, 0.3) is 0 Å². The van der Waals surface area contributed by atoms with Crippen LogP contribution < -0.4 is 5.73 Å². The highest BCUT2D eigenvalue weighted by Gasteiger charge is 2.43. The maximum Gasteiger partial charge on any atom is 0.234 e. The van der Waals surface area contributed by atoms with E-state index in [1.807, 2.05) is 27.7 Å². The summed E-state index contributed by atoms with van der Waals surface area (Å²) in [6.07, 6.45) is 1.17. The second-order valence-corrected chi connectivity index (χ2v) is 6.12. The lowest BCUT2D eigenvalue weighted by Gasteiger charge is -2.34. The Kier molecular flexibility index (Phi) is 2.38. The quantitative estimate of drug-likeness (QED) is 0.853. The van der Waals surface area contributed by atoms with E-state index < -0.39 is 0 Å². The van der Waals surface area contributed by atoms with Crippen molar-refractivity contribution in [3.05, 3.63) is 11.7 Å². The van der Waals surface area contributed by atoms with Gasteiger partial charge in [-0.3, -0.25) is 0 Å². The topological polar surface area (TPSA) is 64.9 Å². The van der Waals surface area contributed by atoms with E-state index in [2.05, 4.69) is 17.1 Å². The molecule has 1 saturated carbocycles. The van der Waals surface area contributed by atoms with E-state index >= 15 is 0 Å². The lowest BCUT2D eigenvalue weighted by molar-refractivity contribution is 0.222. The number of rotatable bonds is 3. The fraction of sp³-hybridized carbons (Fsp3) is 0.833. The van der Waals surface area contributed by atoms with Crippen LogP contribution in [0.4, 0.5) is 0 Å². The van der Waals surface area contributed by atoms with Crippen molar-refractivity contribution < 1.29 is 4.52 Å². The van der Waals surface area contributed by atoms with Crippen LogP contribution in [0.3, 0.4) is 0 Å². The average Bonchev–Trinajstić information content (AvgIpc) is 2.68. The molecule has 4 nitrogen and oxygen atoms in total. The molecule has 2 N–H and O–H groups in total. The molecule has 2 atom stereocenters. The van der Waals surface area contributed by atoms with E-state index in [4.69, 9.17) is 10.3 Å². The van der Waals surface area contributed by atoms with E-state index in [0.717, 1.165) is 5.82 Å². The van der Waals surface area contributed by atoms with Crippen molar-refractivity contribution in [1.29, 1.82) is 0 Å². The molecule has 1 fully saturated rings. The highest BCUT2D eigenvalue weighted by molar-refractivity contribution is 5.14. The minimum Gasteiger partial charge on any atom is -0.339 e. The van der Waals surface area contributed by atoms with Gasteiger partial charge in [-0.1, -0.05) is 12.1 Å². The van der Waals surface area contributed by atoms with Gasteiger partial charge in [0.2, 0.25) is 5.89 Å². The van der Waals surface area contributed by atoms with Crippen molar-refractivity contribution in [3.8, 4) is 0 Å². The SMILES string of the molecule is CC1CC1c1noc(C(C)(C)C(C)(C)N)n1. The van der Waals surface area contributed by atoms with Gasteiger partial charge < -0.3 is 10.3 Å². The van der Waals surface area contributed by atoms with Gasteiger partial charge in [0.25, 0.3) is 0 Å². The smallest absolute Gasteiger partial charge is 0.234 e. The van der Waals surface area contributed by atoms with Crippen molar-refractivity contribution in [2.75, 3.05) is 0 Å². The normalized spacial score (nSPS) is 25.9. The number of hydrogen-bond donors (Lipinski definition) is 1. The predicted octanol–water partition coefficient (Wildman–Crippen LogP) is 2.21. The molecule has 0 spiro atoms. The number of aromatic nitrogens is 2. The fourth-order valence-electron chi connectivity index (χ4n) is 1.60. The summed E-state index contributed by atoms with van der Waals surface area (Å²) >= 11 is 0. The first-order valence-corrected chi connectivity index (χ1v) is 5.86. The summed E-state index contributed by atoms with van der Waals surface area (Å²) in [5.74, 6) is 2.68. The third kappa shape index (κ3) is 1.75. The van der Waals surface area contributed by atoms with Crippen LogP contribution in [-0.4, -0.2) is 15.7 Å². The predicted molar refractivity (Wildman–Crippen MR) is 62.1 cm³/mol. The Bertz CT molecular complexity index is 389. The van der Waals surface area contributed by atoms with Crippen LogP contribution in [0.1, 0.15) is 58.7 Å². The second kappa shape index (κ2) is 3.29. The molecule has 1 heterocycles. The summed E-state index contributed by atoms with van der Waals surface area (Å²) in [4.78, 5) is 4.50. The molecule has 0 aliphatic heterocycles. The van der Waals surface area contributed by atoms with Gasteiger partial charge in [-0.25, -0.2) is 0 Å². The van der Waals surface area contributed by atoms with Crippen LogP contribution in [0, 0.1) is 5.92 Å². The van der Waals surface area contributed by atoms with Gasteiger partial charge in [-0.05, 0) is 40.0 Å². The molecule has 90 valence electrons. The summed E-state index contributed by atoms with van der Waals surface area (Å²) < 4.78 is 5.36.